The van der Waals surface area contributed by atoms with Gasteiger partial charge in [-0.1, -0.05) is 4.49 Å². The quantitative estimate of drug-likeness (QED) is 0.651. The van der Waals surface area contributed by atoms with E-state index in [1.807, 2.05) is 23.6 Å². The van der Waals surface area contributed by atoms with Crippen LogP contribution in [0.5, 0.6) is 0 Å². The second-order valence-electron chi connectivity index (χ2n) is 3.59. The van der Waals surface area contributed by atoms with Gasteiger partial charge in [0, 0.05) is 11.1 Å². The highest BCUT2D eigenvalue weighted by Gasteiger charge is 2.00. The second kappa shape index (κ2) is 4.02. The average Bonchev–Trinajstić information content (AvgIpc) is 2.92. The molecular formula is C10H9N5OS. The number of hydrogen-bond donors (Lipinski definition) is 3. The number of aromatic nitrogens is 4. The van der Waals surface area contributed by atoms with Crippen LogP contribution < -0.4 is 11.0 Å². The van der Waals surface area contributed by atoms with Gasteiger partial charge in [0.1, 0.15) is 0 Å². The lowest BCUT2D eigenvalue weighted by atomic mass is 10.2. The van der Waals surface area contributed by atoms with Crippen LogP contribution in [0.2, 0.25) is 0 Å². The predicted octanol–water partition coefficient (Wildman–Crippen LogP) is 1.32. The number of rotatable bonds is 3. The van der Waals surface area contributed by atoms with Crippen LogP contribution in [-0.4, -0.2) is 19.6 Å². The first-order valence-corrected chi connectivity index (χ1v) is 5.87. The molecule has 1 aromatic carbocycles. The molecule has 0 aliphatic carbocycles. The molecule has 3 aromatic rings. The Kier molecular flexibility index (Phi) is 2.37. The first kappa shape index (κ1) is 10.0. The fourth-order valence-electron chi connectivity index (χ4n) is 1.60. The van der Waals surface area contributed by atoms with Crippen LogP contribution >= 0.6 is 11.5 Å². The van der Waals surface area contributed by atoms with Crippen molar-refractivity contribution >= 4 is 28.3 Å². The minimum atomic E-state index is -0.194. The number of anilines is 1. The minimum absolute atomic E-state index is 0.194. The summed E-state index contributed by atoms with van der Waals surface area (Å²) < 4.78 is 3.79. The van der Waals surface area contributed by atoms with Gasteiger partial charge in [-0.25, -0.2) is 4.79 Å². The predicted molar refractivity (Wildman–Crippen MR) is 66.2 cm³/mol. The summed E-state index contributed by atoms with van der Waals surface area (Å²) in [5, 5.41) is 9.05. The zero-order valence-electron chi connectivity index (χ0n) is 8.73. The molecule has 0 radical (unpaired) electrons. The maximum Gasteiger partial charge on any atom is 0.323 e. The lowest BCUT2D eigenvalue weighted by Crippen LogP contribution is -1.99. The minimum Gasteiger partial charge on any atom is -0.379 e. The summed E-state index contributed by atoms with van der Waals surface area (Å²) in [5.41, 5.74) is 3.23. The Labute approximate surface area is 99.9 Å². The van der Waals surface area contributed by atoms with Gasteiger partial charge in [-0.15, -0.1) is 5.10 Å². The van der Waals surface area contributed by atoms with Crippen LogP contribution in [0.15, 0.2) is 28.4 Å². The third-order valence-corrected chi connectivity index (χ3v) is 2.95. The number of benzene rings is 1. The van der Waals surface area contributed by atoms with Crippen LogP contribution in [0, 0.1) is 0 Å². The summed E-state index contributed by atoms with van der Waals surface area (Å²) in [6, 6.07) is 5.65. The molecule has 0 amide bonds. The summed E-state index contributed by atoms with van der Waals surface area (Å²) >= 11 is 1.33. The molecule has 3 rings (SSSR count). The SMILES string of the molecule is O=c1[nH]c2ccc(NCc3csnn3)cc2[nH]1. The monoisotopic (exact) mass is 247 g/mol. The standard InChI is InChI=1S/C10H9N5OS/c16-10-12-8-2-1-6(3-9(8)13-10)11-4-7-5-17-15-14-7/h1-3,5,11H,4H2,(H2,12,13,16). The maximum atomic E-state index is 11.1. The van der Waals surface area contributed by atoms with E-state index >= 15 is 0 Å². The summed E-state index contributed by atoms with van der Waals surface area (Å²) in [7, 11) is 0. The summed E-state index contributed by atoms with van der Waals surface area (Å²) in [4.78, 5) is 16.5. The number of fused-ring (bicyclic) bond motifs is 1. The number of H-pyrrole nitrogens is 2. The van der Waals surface area contributed by atoms with Crippen molar-refractivity contribution in [3.8, 4) is 0 Å². The number of nitrogens with zero attached hydrogens (tertiary/aromatic N) is 2. The highest BCUT2D eigenvalue weighted by Crippen LogP contribution is 2.15. The van der Waals surface area contributed by atoms with Gasteiger partial charge in [0.25, 0.3) is 0 Å². The zero-order valence-corrected chi connectivity index (χ0v) is 9.54. The Morgan fingerprint density at radius 3 is 3.00 bits per heavy atom. The van der Waals surface area contributed by atoms with Gasteiger partial charge < -0.3 is 15.3 Å². The zero-order chi connectivity index (χ0) is 11.7. The van der Waals surface area contributed by atoms with Gasteiger partial charge in [-0.2, -0.15) is 0 Å². The van der Waals surface area contributed by atoms with Crippen LogP contribution in [0.4, 0.5) is 5.69 Å². The average molecular weight is 247 g/mol. The van der Waals surface area contributed by atoms with Gasteiger partial charge in [-0.05, 0) is 29.7 Å². The highest BCUT2D eigenvalue weighted by atomic mass is 32.1. The molecule has 0 bridgehead atoms. The highest BCUT2D eigenvalue weighted by molar-refractivity contribution is 7.03. The Balaban J connectivity index is 1.83. The molecule has 0 fully saturated rings. The van der Waals surface area contributed by atoms with Crippen molar-refractivity contribution in [2.75, 3.05) is 5.32 Å². The number of nitrogens with one attached hydrogen (secondary N) is 3. The molecule has 0 aliphatic rings. The van der Waals surface area contributed by atoms with E-state index in [2.05, 4.69) is 24.9 Å². The van der Waals surface area contributed by atoms with E-state index in [1.54, 1.807) is 0 Å². The molecule has 0 saturated carbocycles. The topological polar surface area (TPSA) is 86.5 Å². The van der Waals surface area contributed by atoms with E-state index < -0.39 is 0 Å². The fourth-order valence-corrected chi connectivity index (χ4v) is 2.05. The van der Waals surface area contributed by atoms with Crippen molar-refractivity contribution in [2.45, 2.75) is 6.54 Å². The van der Waals surface area contributed by atoms with E-state index in [1.165, 1.54) is 11.5 Å². The van der Waals surface area contributed by atoms with Crippen LogP contribution in [0.1, 0.15) is 5.69 Å². The van der Waals surface area contributed by atoms with Crippen LogP contribution in [0.3, 0.4) is 0 Å². The van der Waals surface area contributed by atoms with E-state index in [-0.39, 0.29) is 5.69 Å². The van der Waals surface area contributed by atoms with Gasteiger partial charge >= 0.3 is 5.69 Å². The molecule has 0 spiro atoms. The van der Waals surface area contributed by atoms with E-state index in [4.69, 9.17) is 0 Å². The molecule has 0 saturated heterocycles. The molecule has 2 heterocycles. The summed E-state index contributed by atoms with van der Waals surface area (Å²) in [6.07, 6.45) is 0. The van der Waals surface area contributed by atoms with E-state index in [0.717, 1.165) is 22.4 Å². The van der Waals surface area contributed by atoms with Crippen molar-refractivity contribution < 1.29 is 0 Å². The third kappa shape index (κ3) is 2.04. The van der Waals surface area contributed by atoms with Gasteiger partial charge in [0.05, 0.1) is 23.3 Å². The van der Waals surface area contributed by atoms with E-state index in [0.29, 0.717) is 6.54 Å². The van der Waals surface area contributed by atoms with Crippen molar-refractivity contribution in [3.63, 3.8) is 0 Å². The van der Waals surface area contributed by atoms with Crippen molar-refractivity contribution in [1.29, 1.82) is 0 Å². The third-order valence-electron chi connectivity index (χ3n) is 2.39. The van der Waals surface area contributed by atoms with Gasteiger partial charge in [-0.3, -0.25) is 0 Å². The Morgan fingerprint density at radius 1 is 1.29 bits per heavy atom. The molecule has 7 heteroatoms. The second-order valence-corrected chi connectivity index (χ2v) is 4.20. The molecule has 86 valence electrons. The normalized spacial score (nSPS) is 10.8. The first-order valence-electron chi connectivity index (χ1n) is 5.03. The van der Waals surface area contributed by atoms with Crippen molar-refractivity contribution in [1.82, 2.24) is 19.6 Å². The molecule has 3 N–H and O–H groups in total. The molecule has 0 atom stereocenters. The number of hydrogen-bond acceptors (Lipinski definition) is 5. The largest absolute Gasteiger partial charge is 0.379 e. The Morgan fingerprint density at radius 2 is 2.18 bits per heavy atom. The summed E-state index contributed by atoms with van der Waals surface area (Å²) in [5.74, 6) is 0. The maximum absolute atomic E-state index is 11.1. The van der Waals surface area contributed by atoms with E-state index in [9.17, 15) is 4.79 Å². The number of aromatic amines is 2. The molecule has 0 unspecified atom stereocenters. The lowest BCUT2D eigenvalue weighted by molar-refractivity contribution is 0.999. The van der Waals surface area contributed by atoms with Gasteiger partial charge in [0.15, 0.2) is 0 Å². The molecule has 6 nitrogen and oxygen atoms in total. The smallest absolute Gasteiger partial charge is 0.323 e. The summed E-state index contributed by atoms with van der Waals surface area (Å²) in [6.45, 7) is 0.622. The molecule has 2 aromatic heterocycles. The molecule has 17 heavy (non-hydrogen) atoms. The van der Waals surface area contributed by atoms with Crippen LogP contribution in [-0.2, 0) is 6.54 Å². The Bertz CT molecular complexity index is 684. The van der Waals surface area contributed by atoms with Crippen molar-refractivity contribution in [3.05, 3.63) is 39.8 Å². The first-order chi connectivity index (χ1) is 8.31. The lowest BCUT2D eigenvalue weighted by Gasteiger charge is -2.03. The van der Waals surface area contributed by atoms with Gasteiger partial charge in [0.2, 0.25) is 0 Å². The van der Waals surface area contributed by atoms with Crippen LogP contribution in [0.25, 0.3) is 11.0 Å². The number of imidazole rings is 1. The fraction of sp³-hybridized carbons (Fsp3) is 0.100. The molecular weight excluding hydrogens is 238 g/mol. The van der Waals surface area contributed by atoms with Crippen molar-refractivity contribution in [2.24, 2.45) is 0 Å². The Hall–Kier alpha value is -2.15. The molecule has 0 aliphatic heterocycles.